The average Bonchev–Trinajstić information content (AvgIpc) is 3.57. The predicted molar refractivity (Wildman–Crippen MR) is 171 cm³/mol. The van der Waals surface area contributed by atoms with Crippen LogP contribution in [0, 0.1) is 0 Å². The van der Waals surface area contributed by atoms with Crippen LogP contribution < -0.4 is 35.2 Å². The molecule has 0 radical (unpaired) electrons. The summed E-state index contributed by atoms with van der Waals surface area (Å²) in [4.78, 5) is 0. The van der Waals surface area contributed by atoms with Crippen molar-refractivity contribution in [3.05, 3.63) is 141 Å². The van der Waals surface area contributed by atoms with Crippen molar-refractivity contribution in [2.75, 3.05) is 0 Å². The monoisotopic (exact) mass is 684 g/mol. The molecule has 6 rings (SSSR count). The summed E-state index contributed by atoms with van der Waals surface area (Å²) in [6, 6.07) is 38.3. The van der Waals surface area contributed by atoms with Crippen LogP contribution >= 0.6 is 0 Å². The summed E-state index contributed by atoms with van der Waals surface area (Å²) in [5, 5.41) is 0.922. The minimum atomic E-state index is -2.28. The van der Waals surface area contributed by atoms with Gasteiger partial charge < -0.3 is 24.8 Å². The van der Waals surface area contributed by atoms with E-state index >= 15 is 0 Å². The number of halogens is 2. The van der Waals surface area contributed by atoms with Gasteiger partial charge in [-0.15, -0.1) is 0 Å². The summed E-state index contributed by atoms with van der Waals surface area (Å²) >= 11 is -1.07. The number of fused-ring (bicyclic) bond motifs is 3. The third-order valence-electron chi connectivity index (χ3n) is 8.77. The Bertz CT molecular complexity index is 1510. The average molecular weight is 687 g/mol. The molecule has 0 bridgehead atoms. The van der Waals surface area contributed by atoms with Gasteiger partial charge in [-0.25, -0.2) is 0 Å². The normalized spacial score (nSPS) is 14.3. The largest absolute Gasteiger partial charge is 1.00 e. The van der Waals surface area contributed by atoms with E-state index in [1.165, 1.54) is 22.3 Å². The van der Waals surface area contributed by atoms with Crippen molar-refractivity contribution in [1.29, 1.82) is 0 Å². The van der Waals surface area contributed by atoms with Crippen LogP contribution in [0.2, 0.25) is 0 Å². The summed E-state index contributed by atoms with van der Waals surface area (Å²) < 4.78 is 1.73. The van der Waals surface area contributed by atoms with Crippen molar-refractivity contribution in [3.63, 3.8) is 0 Å². The molecule has 2 aliphatic carbocycles. The van der Waals surface area contributed by atoms with Gasteiger partial charge >= 0.3 is 254 Å². The third-order valence-corrected chi connectivity index (χ3v) is 26.0. The number of hydrogen-bond donors (Lipinski definition) is 0. The maximum absolute atomic E-state index is 2.60. The van der Waals surface area contributed by atoms with Crippen LogP contribution in [-0.4, -0.2) is 5.20 Å². The predicted octanol–water partition coefficient (Wildman–Crippen LogP) is 2.63. The molecular weight excluding hydrogens is 647 g/mol. The number of allylic oxidation sites excluding steroid dienone is 4. The molecule has 0 nitrogen and oxygen atoms in total. The molecule has 4 aromatic rings. The molecule has 0 amide bonds. The Kier molecular flexibility index (Phi) is 9.86. The van der Waals surface area contributed by atoms with Gasteiger partial charge in [0.05, 0.1) is 0 Å². The zero-order chi connectivity index (χ0) is 28.1. The van der Waals surface area contributed by atoms with Gasteiger partial charge in [-0.1, -0.05) is 0 Å². The van der Waals surface area contributed by atoms with E-state index in [0.717, 1.165) is 6.42 Å². The first-order valence-corrected chi connectivity index (χ1v) is 21.6. The first-order chi connectivity index (χ1) is 19.1. The molecule has 42 heavy (non-hydrogen) atoms. The van der Waals surface area contributed by atoms with Gasteiger partial charge in [0.2, 0.25) is 0 Å². The van der Waals surface area contributed by atoms with Gasteiger partial charge in [-0.2, -0.15) is 0 Å². The second-order valence-corrected chi connectivity index (χ2v) is 26.4. The summed E-state index contributed by atoms with van der Waals surface area (Å²) in [5.41, 5.74) is 9.54. The van der Waals surface area contributed by atoms with Gasteiger partial charge in [0, 0.05) is 0 Å². The van der Waals surface area contributed by atoms with Crippen LogP contribution in [0.25, 0.3) is 11.1 Å². The summed E-state index contributed by atoms with van der Waals surface area (Å²) in [6.07, 6.45) is 8.28. The third kappa shape index (κ3) is 5.90. The van der Waals surface area contributed by atoms with Gasteiger partial charge in [0.15, 0.2) is 0 Å². The molecule has 0 N–H and O–H groups in total. The maximum atomic E-state index is 2.60. The van der Waals surface area contributed by atoms with Crippen LogP contribution in [0.15, 0.2) is 119 Å². The standard InChI is InChI=1S/C33H35Si.C5H5.2ClH.Zr/c1-32(2,3)23-17-19-27-28-20-18-24(33(4,5)6)22-30(28)31(29(27)21-23)34(25-13-9-7-10-14-25)26-15-11-8-12-16-26;1-2-4-5-3-1;;;/h7-22,31H,1-6H3;1-3H,4H2;2*1H;/q;;;;+2/p-2. The Morgan fingerprint density at radius 2 is 1.07 bits per heavy atom. The Labute approximate surface area is 277 Å². The molecular formula is C38H40Cl2SiZr. The summed E-state index contributed by atoms with van der Waals surface area (Å²) in [5.74, 6) is 0. The fraction of sp³-hybridized carbons (Fsp3) is 0.263. The molecule has 0 saturated carbocycles. The molecule has 0 saturated heterocycles. The van der Waals surface area contributed by atoms with E-state index in [1.54, 1.807) is 24.8 Å². The van der Waals surface area contributed by atoms with Crippen LogP contribution in [0.5, 0.6) is 0 Å². The van der Waals surface area contributed by atoms with E-state index in [1.807, 2.05) is 0 Å². The van der Waals surface area contributed by atoms with Crippen LogP contribution in [0.1, 0.15) is 75.8 Å². The molecule has 214 valence electrons. The van der Waals surface area contributed by atoms with Crippen LogP contribution in [0.4, 0.5) is 0 Å². The minimum absolute atomic E-state index is 0. The molecule has 4 heteroatoms. The molecule has 0 heterocycles. The molecule has 0 unspecified atom stereocenters. The van der Waals surface area contributed by atoms with E-state index in [2.05, 4.69) is 157 Å². The topological polar surface area (TPSA) is 0 Å². The van der Waals surface area contributed by atoms with Gasteiger partial charge in [-0.05, 0) is 0 Å². The first-order valence-electron chi connectivity index (χ1n) is 14.6. The van der Waals surface area contributed by atoms with Crippen LogP contribution in [-0.2, 0) is 33.2 Å². The Morgan fingerprint density at radius 1 is 0.619 bits per heavy atom. The van der Waals surface area contributed by atoms with E-state index in [-0.39, 0.29) is 35.6 Å². The zero-order valence-corrected chi connectivity index (χ0v) is 30.5. The van der Waals surface area contributed by atoms with Crippen molar-refractivity contribution in [3.8, 4) is 11.1 Å². The molecule has 0 fully saturated rings. The molecule has 2 aliphatic rings. The minimum Gasteiger partial charge on any atom is -1.00 e. The molecule has 0 atom stereocenters. The second kappa shape index (κ2) is 12.6. The van der Waals surface area contributed by atoms with Gasteiger partial charge in [-0.3, -0.25) is 0 Å². The smallest absolute Gasteiger partial charge is 1.00 e. The van der Waals surface area contributed by atoms with E-state index in [0.29, 0.717) is 5.54 Å². The fourth-order valence-corrected chi connectivity index (χ4v) is 25.1. The molecule has 0 aromatic heterocycles. The van der Waals surface area contributed by atoms with Gasteiger partial charge in [0.25, 0.3) is 0 Å². The summed E-state index contributed by atoms with van der Waals surface area (Å²) in [7, 11) is 0. The Hall–Kier alpha value is -1.96. The molecule has 4 aromatic carbocycles. The number of benzene rings is 4. The Balaban J connectivity index is 0.00000202. The van der Waals surface area contributed by atoms with Crippen molar-refractivity contribution in [1.82, 2.24) is 0 Å². The quantitative estimate of drug-likeness (QED) is 0.284. The zero-order valence-electron chi connectivity index (χ0n) is 25.5. The van der Waals surface area contributed by atoms with E-state index in [9.17, 15) is 0 Å². The van der Waals surface area contributed by atoms with Crippen molar-refractivity contribution >= 4 is 15.6 Å². The van der Waals surface area contributed by atoms with Crippen molar-refractivity contribution in [2.24, 2.45) is 0 Å². The first kappa shape index (κ1) is 32.9. The second-order valence-electron chi connectivity index (χ2n) is 13.5. The van der Waals surface area contributed by atoms with E-state index < -0.39 is 27.6 Å². The number of hydrogen-bond acceptors (Lipinski definition) is 0. The SMILES string of the molecule is CC(C)(C)c1ccc2c(c1)C([Si]([Zr+2][C]1=CC=CC1)(c1ccccc1)c1ccccc1)c1cc(C(C)(C)C)ccc1-2.[Cl-].[Cl-]. The molecule has 0 aliphatic heterocycles. The van der Waals surface area contributed by atoms with Crippen molar-refractivity contribution in [2.45, 2.75) is 64.3 Å². The fourth-order valence-electron chi connectivity index (χ4n) is 6.57. The van der Waals surface area contributed by atoms with Gasteiger partial charge in [0.1, 0.15) is 0 Å². The maximum Gasteiger partial charge on any atom is -1.00 e. The van der Waals surface area contributed by atoms with E-state index in [4.69, 9.17) is 0 Å². The molecule has 0 spiro atoms. The number of rotatable bonds is 5. The summed E-state index contributed by atoms with van der Waals surface area (Å²) in [6.45, 7) is 14.1. The van der Waals surface area contributed by atoms with Crippen molar-refractivity contribution < 1.29 is 47.2 Å². The Morgan fingerprint density at radius 3 is 1.45 bits per heavy atom. The van der Waals surface area contributed by atoms with Crippen LogP contribution in [0.3, 0.4) is 0 Å².